The molecule has 0 aromatic carbocycles. The molecule has 1 aromatic rings. The lowest BCUT2D eigenvalue weighted by Gasteiger charge is -2.43. The maximum absolute atomic E-state index is 11.4. The van der Waals surface area contributed by atoms with Crippen molar-refractivity contribution in [2.45, 2.75) is 25.3 Å². The predicted octanol–water partition coefficient (Wildman–Crippen LogP) is 3.03. The summed E-state index contributed by atoms with van der Waals surface area (Å²) < 4.78 is 1.04. The third-order valence-electron chi connectivity index (χ3n) is 3.39. The molecule has 5 heteroatoms. The fourth-order valence-electron chi connectivity index (χ4n) is 2.36. The van der Waals surface area contributed by atoms with Crippen LogP contribution >= 0.6 is 27.3 Å². The van der Waals surface area contributed by atoms with E-state index in [-0.39, 0.29) is 6.04 Å². The molecular formula is C11H14BrNO2S. The summed E-state index contributed by atoms with van der Waals surface area (Å²) >= 11 is 5.02. The Kier molecular flexibility index (Phi) is 3.37. The molecule has 1 aliphatic carbocycles. The summed E-state index contributed by atoms with van der Waals surface area (Å²) in [7, 11) is 1.83. The van der Waals surface area contributed by atoms with Crippen molar-refractivity contribution in [2.24, 2.45) is 5.41 Å². The van der Waals surface area contributed by atoms with Crippen LogP contribution in [0.15, 0.2) is 15.9 Å². The van der Waals surface area contributed by atoms with Crippen LogP contribution in [0.1, 0.15) is 30.2 Å². The Hall–Kier alpha value is -0.390. The SMILES string of the molecule is CNC(c1ccc(Br)s1)C1(C(=O)O)CCC1. The molecule has 0 radical (unpaired) electrons. The Morgan fingerprint density at radius 1 is 1.62 bits per heavy atom. The van der Waals surface area contributed by atoms with Gasteiger partial charge >= 0.3 is 5.97 Å². The van der Waals surface area contributed by atoms with Crippen LogP contribution in [0.4, 0.5) is 0 Å². The number of rotatable bonds is 4. The van der Waals surface area contributed by atoms with Gasteiger partial charge in [-0.1, -0.05) is 6.42 Å². The van der Waals surface area contributed by atoms with Crippen molar-refractivity contribution in [3.8, 4) is 0 Å². The fraction of sp³-hybridized carbons (Fsp3) is 0.545. The van der Waals surface area contributed by atoms with E-state index in [4.69, 9.17) is 0 Å². The molecule has 1 fully saturated rings. The molecule has 3 nitrogen and oxygen atoms in total. The van der Waals surface area contributed by atoms with Crippen LogP contribution in [0.5, 0.6) is 0 Å². The largest absolute Gasteiger partial charge is 0.481 e. The molecule has 1 aromatic heterocycles. The zero-order valence-corrected chi connectivity index (χ0v) is 11.4. The van der Waals surface area contributed by atoms with E-state index < -0.39 is 11.4 Å². The summed E-state index contributed by atoms with van der Waals surface area (Å²) in [4.78, 5) is 12.5. The minimum Gasteiger partial charge on any atom is -0.481 e. The molecule has 1 unspecified atom stereocenters. The molecule has 88 valence electrons. The Labute approximate surface area is 107 Å². The van der Waals surface area contributed by atoms with Gasteiger partial charge in [0.25, 0.3) is 0 Å². The highest BCUT2D eigenvalue weighted by Gasteiger charge is 2.51. The van der Waals surface area contributed by atoms with Gasteiger partial charge in [-0.3, -0.25) is 4.79 Å². The molecule has 0 aliphatic heterocycles. The summed E-state index contributed by atoms with van der Waals surface area (Å²) in [5.41, 5.74) is -0.598. The van der Waals surface area contributed by atoms with E-state index in [9.17, 15) is 9.90 Å². The normalized spacial score (nSPS) is 20.1. The molecular weight excluding hydrogens is 290 g/mol. The number of aliphatic carboxylic acids is 1. The van der Waals surface area contributed by atoms with Crippen LogP contribution in [-0.4, -0.2) is 18.1 Å². The van der Waals surface area contributed by atoms with Gasteiger partial charge in [-0.15, -0.1) is 11.3 Å². The van der Waals surface area contributed by atoms with Crippen molar-refractivity contribution >= 4 is 33.2 Å². The number of carboxylic acids is 1. The van der Waals surface area contributed by atoms with Gasteiger partial charge in [0.2, 0.25) is 0 Å². The van der Waals surface area contributed by atoms with Crippen LogP contribution in [0.3, 0.4) is 0 Å². The standard InChI is InChI=1S/C11H14BrNO2S/c1-13-9(7-3-4-8(12)16-7)11(10(14)15)5-2-6-11/h3-4,9,13H,2,5-6H2,1H3,(H,14,15). The van der Waals surface area contributed by atoms with Crippen molar-refractivity contribution < 1.29 is 9.90 Å². The van der Waals surface area contributed by atoms with E-state index in [1.54, 1.807) is 11.3 Å². The fourth-order valence-corrected chi connectivity index (χ4v) is 4.01. The van der Waals surface area contributed by atoms with Crippen LogP contribution < -0.4 is 5.32 Å². The zero-order chi connectivity index (χ0) is 11.8. The lowest BCUT2D eigenvalue weighted by molar-refractivity contribution is -0.157. The van der Waals surface area contributed by atoms with Gasteiger partial charge < -0.3 is 10.4 Å². The van der Waals surface area contributed by atoms with E-state index in [0.29, 0.717) is 0 Å². The topological polar surface area (TPSA) is 49.3 Å². The zero-order valence-electron chi connectivity index (χ0n) is 9.00. The lowest BCUT2D eigenvalue weighted by Crippen LogP contribution is -2.47. The number of nitrogens with one attached hydrogen (secondary N) is 1. The maximum Gasteiger partial charge on any atom is 0.311 e. The Morgan fingerprint density at radius 3 is 2.62 bits per heavy atom. The summed E-state index contributed by atoms with van der Waals surface area (Å²) in [5, 5.41) is 12.6. The first kappa shape index (κ1) is 12.1. The van der Waals surface area contributed by atoms with Gasteiger partial charge in [-0.05, 0) is 48.0 Å². The molecule has 1 heterocycles. The second-order valence-electron chi connectivity index (χ2n) is 4.18. The number of carbonyl (C=O) groups is 1. The van der Waals surface area contributed by atoms with Crippen molar-refractivity contribution in [2.75, 3.05) is 7.05 Å². The average Bonchev–Trinajstić information content (AvgIpc) is 2.56. The lowest BCUT2D eigenvalue weighted by atomic mass is 9.63. The van der Waals surface area contributed by atoms with Crippen molar-refractivity contribution in [3.63, 3.8) is 0 Å². The first-order valence-corrected chi connectivity index (χ1v) is 6.87. The van der Waals surface area contributed by atoms with E-state index in [1.807, 2.05) is 19.2 Å². The van der Waals surface area contributed by atoms with Crippen LogP contribution in [0.2, 0.25) is 0 Å². The average molecular weight is 304 g/mol. The number of thiophene rings is 1. The smallest absolute Gasteiger partial charge is 0.311 e. The van der Waals surface area contributed by atoms with Crippen LogP contribution in [0, 0.1) is 5.41 Å². The van der Waals surface area contributed by atoms with Gasteiger partial charge in [0, 0.05) is 4.88 Å². The summed E-state index contributed by atoms with van der Waals surface area (Å²) in [5.74, 6) is -0.678. The summed E-state index contributed by atoms with van der Waals surface area (Å²) in [6.45, 7) is 0. The van der Waals surface area contributed by atoms with Gasteiger partial charge in [-0.25, -0.2) is 0 Å². The highest BCUT2D eigenvalue weighted by atomic mass is 79.9. The van der Waals surface area contributed by atoms with Crippen molar-refractivity contribution in [1.29, 1.82) is 0 Å². The van der Waals surface area contributed by atoms with E-state index in [2.05, 4.69) is 21.2 Å². The number of hydrogen-bond donors (Lipinski definition) is 2. The van der Waals surface area contributed by atoms with Crippen molar-refractivity contribution in [3.05, 3.63) is 20.8 Å². The molecule has 1 atom stereocenters. The van der Waals surface area contributed by atoms with E-state index in [1.165, 1.54) is 0 Å². The molecule has 0 saturated heterocycles. The third kappa shape index (κ3) is 1.81. The molecule has 1 saturated carbocycles. The first-order chi connectivity index (χ1) is 7.60. The van der Waals surface area contributed by atoms with Crippen molar-refractivity contribution in [1.82, 2.24) is 5.32 Å². The molecule has 16 heavy (non-hydrogen) atoms. The van der Waals surface area contributed by atoms with Gasteiger partial charge in [0.05, 0.1) is 15.2 Å². The number of hydrogen-bond acceptors (Lipinski definition) is 3. The quantitative estimate of drug-likeness (QED) is 0.899. The molecule has 0 spiro atoms. The van der Waals surface area contributed by atoms with Crippen LogP contribution in [0.25, 0.3) is 0 Å². The number of halogens is 1. The Balaban J connectivity index is 2.31. The summed E-state index contributed by atoms with van der Waals surface area (Å²) in [6.07, 6.45) is 2.55. The van der Waals surface area contributed by atoms with Gasteiger partial charge in [0.15, 0.2) is 0 Å². The molecule has 2 N–H and O–H groups in total. The van der Waals surface area contributed by atoms with Gasteiger partial charge in [0.1, 0.15) is 0 Å². The predicted molar refractivity (Wildman–Crippen MR) is 67.7 cm³/mol. The highest BCUT2D eigenvalue weighted by molar-refractivity contribution is 9.11. The maximum atomic E-state index is 11.4. The van der Waals surface area contributed by atoms with Crippen LogP contribution in [-0.2, 0) is 4.79 Å². The number of carboxylic acid groups (broad SMARTS) is 1. The minimum absolute atomic E-state index is 0.0740. The molecule has 2 rings (SSSR count). The second kappa shape index (κ2) is 4.47. The first-order valence-electron chi connectivity index (χ1n) is 5.26. The molecule has 1 aliphatic rings. The molecule has 0 amide bonds. The highest BCUT2D eigenvalue weighted by Crippen LogP contribution is 2.51. The Morgan fingerprint density at radius 2 is 2.31 bits per heavy atom. The minimum atomic E-state index is -0.678. The monoisotopic (exact) mass is 303 g/mol. The third-order valence-corrected chi connectivity index (χ3v) is 5.08. The second-order valence-corrected chi connectivity index (χ2v) is 6.67. The Bertz CT molecular complexity index is 400. The van der Waals surface area contributed by atoms with E-state index in [0.717, 1.165) is 27.9 Å². The molecule has 0 bridgehead atoms. The van der Waals surface area contributed by atoms with E-state index >= 15 is 0 Å². The van der Waals surface area contributed by atoms with Gasteiger partial charge in [-0.2, -0.15) is 0 Å². The summed E-state index contributed by atoms with van der Waals surface area (Å²) in [6, 6.07) is 3.90.